The van der Waals surface area contributed by atoms with Gasteiger partial charge in [0.2, 0.25) is 0 Å². The first-order valence-corrected chi connectivity index (χ1v) is 10.5. The second-order valence-electron chi connectivity index (χ2n) is 9.21. The van der Waals surface area contributed by atoms with Crippen molar-refractivity contribution in [3.8, 4) is 11.5 Å². The number of ether oxygens (including phenoxy) is 1. The first-order chi connectivity index (χ1) is 14.1. The predicted octanol–water partition coefficient (Wildman–Crippen LogP) is 5.96. The Morgan fingerprint density at radius 2 is 1.70 bits per heavy atom. The molecule has 0 saturated heterocycles. The first-order valence-electron chi connectivity index (χ1n) is 10.5. The maximum absolute atomic E-state index is 13.1. The van der Waals surface area contributed by atoms with Crippen LogP contribution in [0.4, 0.5) is 0 Å². The molecule has 0 atom stereocenters. The molecule has 30 heavy (non-hydrogen) atoms. The Morgan fingerprint density at radius 3 is 2.30 bits per heavy atom. The van der Waals surface area contributed by atoms with Gasteiger partial charge >= 0.3 is 11.9 Å². The Labute approximate surface area is 177 Å². The molecule has 0 aliphatic heterocycles. The zero-order valence-electron chi connectivity index (χ0n) is 18.1. The average Bonchev–Trinajstić information content (AvgIpc) is 2.69. The van der Waals surface area contributed by atoms with Crippen molar-refractivity contribution in [1.82, 2.24) is 0 Å². The number of rotatable bonds is 4. The van der Waals surface area contributed by atoms with Crippen molar-refractivity contribution in [2.75, 3.05) is 0 Å². The Bertz CT molecular complexity index is 962. The molecule has 2 aromatic rings. The van der Waals surface area contributed by atoms with Gasteiger partial charge in [-0.1, -0.05) is 58.2 Å². The average molecular weight is 411 g/mol. The SMILES string of the molecule is Cc1cc(C(=O)Oc2c(C(=O)O)cccc2C2CCCCC2)c(O)c(C(C)(C)C)c1. The summed E-state index contributed by atoms with van der Waals surface area (Å²) in [5.41, 5.74) is 1.88. The molecule has 2 N–H and O–H groups in total. The Balaban J connectivity index is 2.05. The number of aryl methyl sites for hydroxylation is 1. The second-order valence-corrected chi connectivity index (χ2v) is 9.21. The predicted molar refractivity (Wildman–Crippen MR) is 116 cm³/mol. The summed E-state index contributed by atoms with van der Waals surface area (Å²) >= 11 is 0. The number of carbonyl (C=O) groups excluding carboxylic acids is 1. The number of para-hydroxylation sites is 1. The summed E-state index contributed by atoms with van der Waals surface area (Å²) in [5.74, 6) is -1.74. The van der Waals surface area contributed by atoms with Crippen molar-refractivity contribution < 1.29 is 24.5 Å². The van der Waals surface area contributed by atoms with Gasteiger partial charge < -0.3 is 14.9 Å². The zero-order valence-corrected chi connectivity index (χ0v) is 18.1. The number of phenolic OH excluding ortho intramolecular Hbond substituents is 1. The Morgan fingerprint density at radius 1 is 1.03 bits per heavy atom. The number of benzene rings is 2. The summed E-state index contributed by atoms with van der Waals surface area (Å²) in [6.45, 7) is 7.72. The van der Waals surface area contributed by atoms with E-state index in [-0.39, 0.29) is 34.0 Å². The summed E-state index contributed by atoms with van der Waals surface area (Å²) < 4.78 is 5.70. The maximum Gasteiger partial charge on any atom is 0.347 e. The van der Waals surface area contributed by atoms with Gasteiger partial charge in [-0.15, -0.1) is 0 Å². The molecule has 1 aliphatic rings. The minimum Gasteiger partial charge on any atom is -0.507 e. The van der Waals surface area contributed by atoms with E-state index in [0.29, 0.717) is 5.56 Å². The summed E-state index contributed by atoms with van der Waals surface area (Å²) in [6, 6.07) is 8.43. The highest BCUT2D eigenvalue weighted by Crippen LogP contribution is 2.40. The minimum atomic E-state index is -1.14. The van der Waals surface area contributed by atoms with Gasteiger partial charge in [-0.2, -0.15) is 0 Å². The monoisotopic (exact) mass is 410 g/mol. The fraction of sp³-hybridized carbons (Fsp3) is 0.440. The van der Waals surface area contributed by atoms with E-state index in [0.717, 1.165) is 43.2 Å². The van der Waals surface area contributed by atoms with Gasteiger partial charge in [0.25, 0.3) is 0 Å². The van der Waals surface area contributed by atoms with Crippen LogP contribution < -0.4 is 4.74 Å². The largest absolute Gasteiger partial charge is 0.507 e. The molecule has 0 bridgehead atoms. The summed E-state index contributed by atoms with van der Waals surface area (Å²) in [7, 11) is 0. The van der Waals surface area contributed by atoms with Crippen molar-refractivity contribution in [2.24, 2.45) is 0 Å². The van der Waals surface area contributed by atoms with Crippen LogP contribution in [0, 0.1) is 6.92 Å². The summed E-state index contributed by atoms with van der Waals surface area (Å²) in [5, 5.41) is 20.5. The molecule has 0 unspecified atom stereocenters. The fourth-order valence-electron chi connectivity index (χ4n) is 4.23. The lowest BCUT2D eigenvalue weighted by Crippen LogP contribution is -2.18. The number of hydrogen-bond donors (Lipinski definition) is 2. The van der Waals surface area contributed by atoms with Gasteiger partial charge in [0.1, 0.15) is 22.6 Å². The van der Waals surface area contributed by atoms with Gasteiger partial charge in [0, 0.05) is 5.56 Å². The molecule has 160 valence electrons. The van der Waals surface area contributed by atoms with Crippen molar-refractivity contribution in [3.05, 3.63) is 58.1 Å². The maximum atomic E-state index is 13.1. The number of carboxylic acids is 1. The number of esters is 1. The molecular weight excluding hydrogens is 380 g/mol. The molecule has 5 heteroatoms. The number of hydrogen-bond acceptors (Lipinski definition) is 4. The van der Waals surface area contributed by atoms with Crippen LogP contribution in [0.5, 0.6) is 11.5 Å². The molecule has 0 aromatic heterocycles. The van der Waals surface area contributed by atoms with Crippen molar-refractivity contribution >= 4 is 11.9 Å². The Kier molecular flexibility index (Phi) is 6.20. The number of phenols is 1. The van der Waals surface area contributed by atoms with E-state index in [1.807, 2.05) is 39.8 Å². The molecule has 1 fully saturated rings. The van der Waals surface area contributed by atoms with Crippen LogP contribution in [0.25, 0.3) is 0 Å². The van der Waals surface area contributed by atoms with E-state index in [1.165, 1.54) is 6.07 Å². The topological polar surface area (TPSA) is 83.8 Å². The minimum absolute atomic E-state index is 0.0328. The molecule has 5 nitrogen and oxygen atoms in total. The Hall–Kier alpha value is -2.82. The molecule has 1 aliphatic carbocycles. The van der Waals surface area contributed by atoms with E-state index >= 15 is 0 Å². The molecule has 0 amide bonds. The van der Waals surface area contributed by atoms with Crippen LogP contribution in [-0.2, 0) is 5.41 Å². The first kappa shape index (κ1) is 21.9. The molecule has 0 radical (unpaired) electrons. The van der Waals surface area contributed by atoms with E-state index < -0.39 is 11.9 Å². The normalized spacial score (nSPS) is 15.1. The van der Waals surface area contributed by atoms with Crippen molar-refractivity contribution in [3.63, 3.8) is 0 Å². The van der Waals surface area contributed by atoms with Crippen LogP contribution >= 0.6 is 0 Å². The molecule has 1 saturated carbocycles. The standard InChI is InChI=1S/C25H30O5/c1-15-13-19(21(26)20(14-15)25(2,3)4)24(29)30-22-17(16-9-6-5-7-10-16)11-8-12-18(22)23(27)28/h8,11-14,16,26H,5-7,9-10H2,1-4H3,(H,27,28). The second kappa shape index (κ2) is 8.50. The third kappa shape index (κ3) is 4.50. The van der Waals surface area contributed by atoms with E-state index in [9.17, 15) is 19.8 Å². The van der Waals surface area contributed by atoms with Gasteiger partial charge in [-0.25, -0.2) is 9.59 Å². The lowest BCUT2D eigenvalue weighted by molar-refractivity contribution is 0.0679. The molecule has 0 spiro atoms. The van der Waals surface area contributed by atoms with E-state index in [2.05, 4.69) is 0 Å². The number of aromatic carboxylic acids is 1. The van der Waals surface area contributed by atoms with Crippen LogP contribution in [0.15, 0.2) is 30.3 Å². The smallest absolute Gasteiger partial charge is 0.347 e. The summed E-state index contributed by atoms with van der Waals surface area (Å²) in [6.07, 6.45) is 5.19. The highest BCUT2D eigenvalue weighted by molar-refractivity contribution is 5.98. The van der Waals surface area contributed by atoms with Gasteiger partial charge in [-0.05, 0) is 54.4 Å². The fourth-order valence-corrected chi connectivity index (χ4v) is 4.23. The summed E-state index contributed by atoms with van der Waals surface area (Å²) in [4.78, 5) is 24.9. The van der Waals surface area contributed by atoms with Crippen LogP contribution in [0.1, 0.15) is 96.2 Å². The van der Waals surface area contributed by atoms with Crippen LogP contribution in [0.3, 0.4) is 0 Å². The highest BCUT2D eigenvalue weighted by atomic mass is 16.5. The molecule has 2 aromatic carbocycles. The zero-order chi connectivity index (χ0) is 22.1. The van der Waals surface area contributed by atoms with Gasteiger partial charge in [-0.3, -0.25) is 0 Å². The van der Waals surface area contributed by atoms with Crippen molar-refractivity contribution in [2.45, 2.75) is 71.1 Å². The van der Waals surface area contributed by atoms with Gasteiger partial charge in [0.05, 0.1) is 0 Å². The highest BCUT2D eigenvalue weighted by Gasteiger charge is 2.28. The van der Waals surface area contributed by atoms with E-state index in [4.69, 9.17) is 4.74 Å². The lowest BCUT2D eigenvalue weighted by atomic mass is 9.83. The number of carbonyl (C=O) groups is 2. The van der Waals surface area contributed by atoms with Crippen molar-refractivity contribution in [1.29, 1.82) is 0 Å². The molecule has 3 rings (SSSR count). The molecular formula is C25H30O5. The van der Waals surface area contributed by atoms with E-state index in [1.54, 1.807) is 12.1 Å². The van der Waals surface area contributed by atoms with Crippen LogP contribution in [0.2, 0.25) is 0 Å². The van der Waals surface area contributed by atoms with Gasteiger partial charge in [0.15, 0.2) is 0 Å². The third-order valence-corrected chi connectivity index (χ3v) is 5.80. The lowest BCUT2D eigenvalue weighted by Gasteiger charge is -2.25. The third-order valence-electron chi connectivity index (χ3n) is 5.80. The number of aromatic hydroxyl groups is 1. The molecule has 0 heterocycles. The van der Waals surface area contributed by atoms with Crippen LogP contribution in [-0.4, -0.2) is 22.2 Å². The quantitative estimate of drug-likeness (QED) is 0.480. The number of carboxylic acid groups (broad SMARTS) is 1.